The molecule has 1 heterocycles. The van der Waals surface area contributed by atoms with Gasteiger partial charge in [0, 0.05) is 0 Å². The molecule has 0 unspecified atom stereocenters. The molecule has 1 heteroatoms. The zero-order chi connectivity index (χ0) is 9.36. The van der Waals surface area contributed by atoms with Crippen LogP contribution >= 0.6 is 0 Å². The molecule has 0 atom stereocenters. The summed E-state index contributed by atoms with van der Waals surface area (Å²) < 4.78 is 0. The average Bonchev–Trinajstić information content (AvgIpc) is 2.63. The molecule has 0 aliphatic carbocycles. The van der Waals surface area contributed by atoms with Crippen molar-refractivity contribution in [1.82, 2.24) is 0 Å². The predicted molar refractivity (Wildman–Crippen MR) is 60.5 cm³/mol. The van der Waals surface area contributed by atoms with Gasteiger partial charge < -0.3 is 0 Å². The summed E-state index contributed by atoms with van der Waals surface area (Å²) in [6, 6.07) is 2.31. The average molecular weight is 243 g/mol. The van der Waals surface area contributed by atoms with Gasteiger partial charge in [-0.25, -0.2) is 0 Å². The summed E-state index contributed by atoms with van der Waals surface area (Å²) in [5.74, 6) is 0. The van der Waals surface area contributed by atoms with Crippen LogP contribution in [0.25, 0.3) is 0 Å². The first-order chi connectivity index (χ1) is 6.43. The van der Waals surface area contributed by atoms with Gasteiger partial charge in [-0.05, 0) is 0 Å². The zero-order valence-electron chi connectivity index (χ0n) is 8.59. The van der Waals surface area contributed by atoms with Gasteiger partial charge in [-0.3, -0.25) is 0 Å². The van der Waals surface area contributed by atoms with Crippen molar-refractivity contribution in [2.45, 2.75) is 51.9 Å². The van der Waals surface area contributed by atoms with Crippen molar-refractivity contribution in [2.24, 2.45) is 0 Å². The first-order valence-corrected chi connectivity index (χ1v) is 7.42. The number of hydrogen-bond acceptors (Lipinski definition) is 0. The monoisotopic (exact) mass is 244 g/mol. The van der Waals surface area contributed by atoms with E-state index in [1.165, 1.54) is 44.9 Å². The molecule has 0 fully saturated rings. The molecule has 1 aromatic rings. The van der Waals surface area contributed by atoms with Crippen LogP contribution in [0.5, 0.6) is 0 Å². The summed E-state index contributed by atoms with van der Waals surface area (Å²) in [5, 5.41) is 0. The van der Waals surface area contributed by atoms with Crippen molar-refractivity contribution >= 4 is 14.5 Å². The Kier molecular flexibility index (Phi) is 6.31. The Bertz CT molecular complexity index is 189. The van der Waals surface area contributed by atoms with E-state index in [0.717, 1.165) is 0 Å². The maximum atomic E-state index is 2.42. The second-order valence-electron chi connectivity index (χ2n) is 3.65. The molecule has 0 amide bonds. The Morgan fingerprint density at radius 3 is 2.54 bits per heavy atom. The summed E-state index contributed by atoms with van der Waals surface area (Å²) in [4.78, 5) is 4.73. The third kappa shape index (κ3) is 5.33. The number of rotatable bonds is 7. The first kappa shape index (κ1) is 11.1. The Morgan fingerprint density at radius 2 is 1.85 bits per heavy atom. The Balaban J connectivity index is 1.90. The van der Waals surface area contributed by atoms with Crippen LogP contribution in [0.3, 0.4) is 0 Å². The number of unbranched alkanes of at least 4 members (excludes halogenated alkanes) is 5. The Hall–Kier alpha value is -0.000519. The summed E-state index contributed by atoms with van der Waals surface area (Å²) in [6.45, 7) is 2.27. The van der Waals surface area contributed by atoms with Crippen LogP contribution in [-0.2, 0) is 6.42 Å². The van der Waals surface area contributed by atoms with Gasteiger partial charge in [0.1, 0.15) is 0 Å². The van der Waals surface area contributed by atoms with E-state index in [0.29, 0.717) is 14.5 Å². The topological polar surface area (TPSA) is 0 Å². The second kappa shape index (κ2) is 7.41. The van der Waals surface area contributed by atoms with E-state index in [9.17, 15) is 0 Å². The van der Waals surface area contributed by atoms with Gasteiger partial charge in [-0.1, -0.05) is 0 Å². The molecular formula is C12H20Se. The van der Waals surface area contributed by atoms with Crippen LogP contribution in [0.4, 0.5) is 0 Å². The van der Waals surface area contributed by atoms with Crippen LogP contribution < -0.4 is 0 Å². The summed E-state index contributed by atoms with van der Waals surface area (Å²) in [5.41, 5.74) is 1.59. The Morgan fingerprint density at radius 1 is 1.08 bits per heavy atom. The minimum absolute atomic E-state index is 0.692. The Labute approximate surface area is 88.1 Å². The van der Waals surface area contributed by atoms with Crippen molar-refractivity contribution in [3.63, 3.8) is 0 Å². The molecule has 0 aromatic carbocycles. The SMILES string of the molecule is CCCCCCCCc1cc[se]c1. The van der Waals surface area contributed by atoms with Gasteiger partial charge in [0.2, 0.25) is 0 Å². The minimum atomic E-state index is 0.692. The summed E-state index contributed by atoms with van der Waals surface area (Å²) in [7, 11) is 0. The summed E-state index contributed by atoms with van der Waals surface area (Å²) in [6.07, 6.45) is 9.81. The van der Waals surface area contributed by atoms with E-state index < -0.39 is 0 Å². The molecule has 0 bridgehead atoms. The number of aryl methyl sites for hydroxylation is 1. The first-order valence-electron chi connectivity index (χ1n) is 5.44. The van der Waals surface area contributed by atoms with Gasteiger partial charge in [0.25, 0.3) is 0 Å². The van der Waals surface area contributed by atoms with Crippen molar-refractivity contribution < 1.29 is 0 Å². The molecule has 0 N–H and O–H groups in total. The molecule has 0 radical (unpaired) electrons. The number of hydrogen-bond donors (Lipinski definition) is 0. The van der Waals surface area contributed by atoms with E-state index in [-0.39, 0.29) is 0 Å². The van der Waals surface area contributed by atoms with Crippen molar-refractivity contribution in [2.75, 3.05) is 0 Å². The van der Waals surface area contributed by atoms with Gasteiger partial charge in [-0.2, -0.15) is 0 Å². The standard InChI is InChI=1S/C12H20Se/c1-2-3-4-5-6-7-8-12-9-10-13-11-12/h9-11H,2-8H2,1H3. The van der Waals surface area contributed by atoms with E-state index in [1.54, 1.807) is 5.56 Å². The van der Waals surface area contributed by atoms with Crippen LogP contribution in [-0.4, -0.2) is 14.5 Å². The third-order valence-corrected chi connectivity index (χ3v) is 3.94. The van der Waals surface area contributed by atoms with E-state index >= 15 is 0 Å². The molecule has 0 aliphatic heterocycles. The second-order valence-corrected chi connectivity index (χ2v) is 5.29. The molecule has 0 aliphatic rings. The quantitative estimate of drug-likeness (QED) is 0.506. The molecular weight excluding hydrogens is 223 g/mol. The fourth-order valence-corrected chi connectivity index (χ4v) is 3.02. The van der Waals surface area contributed by atoms with Crippen LogP contribution in [0.1, 0.15) is 51.0 Å². The third-order valence-electron chi connectivity index (χ3n) is 2.40. The predicted octanol–water partition coefficient (Wildman–Crippen LogP) is 3.65. The van der Waals surface area contributed by atoms with Gasteiger partial charge in [0.05, 0.1) is 0 Å². The zero-order valence-corrected chi connectivity index (χ0v) is 10.3. The van der Waals surface area contributed by atoms with Gasteiger partial charge in [-0.15, -0.1) is 0 Å². The van der Waals surface area contributed by atoms with Crippen molar-refractivity contribution in [3.05, 3.63) is 21.5 Å². The molecule has 1 rings (SSSR count). The van der Waals surface area contributed by atoms with Crippen molar-refractivity contribution in [1.29, 1.82) is 0 Å². The van der Waals surface area contributed by atoms with Crippen LogP contribution in [0.2, 0.25) is 0 Å². The molecule has 0 spiro atoms. The molecule has 0 saturated heterocycles. The fourth-order valence-electron chi connectivity index (χ4n) is 1.54. The van der Waals surface area contributed by atoms with Gasteiger partial charge >= 0.3 is 87.9 Å². The molecule has 0 nitrogen and oxygen atoms in total. The van der Waals surface area contributed by atoms with Gasteiger partial charge in [0.15, 0.2) is 0 Å². The van der Waals surface area contributed by atoms with Crippen LogP contribution in [0, 0.1) is 0 Å². The van der Waals surface area contributed by atoms with E-state index in [4.69, 9.17) is 0 Å². The normalized spacial score (nSPS) is 10.5. The summed E-state index contributed by atoms with van der Waals surface area (Å²) >= 11 is 0.692. The van der Waals surface area contributed by atoms with Crippen LogP contribution in [0.15, 0.2) is 15.9 Å². The molecule has 74 valence electrons. The van der Waals surface area contributed by atoms with E-state index in [1.807, 2.05) is 0 Å². The fraction of sp³-hybridized carbons (Fsp3) is 0.667. The van der Waals surface area contributed by atoms with Crippen molar-refractivity contribution in [3.8, 4) is 0 Å². The molecule has 0 saturated carbocycles. The maximum absolute atomic E-state index is 2.42. The van der Waals surface area contributed by atoms with E-state index in [2.05, 4.69) is 22.9 Å². The molecule has 1 aromatic heterocycles. The molecule has 13 heavy (non-hydrogen) atoms.